The van der Waals surface area contributed by atoms with Crippen LogP contribution in [0, 0.1) is 0 Å². The van der Waals surface area contributed by atoms with Crippen LogP contribution in [0.2, 0.25) is 0 Å². The van der Waals surface area contributed by atoms with E-state index in [1.165, 1.54) is 0 Å². The van der Waals surface area contributed by atoms with Gasteiger partial charge in [-0.3, -0.25) is 0 Å². The van der Waals surface area contributed by atoms with Crippen LogP contribution < -0.4 is 8.92 Å². The fourth-order valence-corrected chi connectivity index (χ4v) is 9.19. The van der Waals surface area contributed by atoms with Gasteiger partial charge in [0.25, 0.3) is 0 Å². The van der Waals surface area contributed by atoms with E-state index in [1.807, 2.05) is 24.3 Å². The van der Waals surface area contributed by atoms with Crippen LogP contribution in [0.25, 0.3) is 0 Å². The maximum atomic E-state index is 11.4. The molecule has 0 radical (unpaired) electrons. The number of rotatable bonds is 5. The van der Waals surface area contributed by atoms with Gasteiger partial charge in [0.15, 0.2) is 0 Å². The molecule has 0 aliphatic rings. The number of hydrogen-bond donors (Lipinski definition) is 0. The molecular weight excluding hydrogens is 429 g/mol. The molecule has 0 fully saturated rings. The SMILES string of the molecule is O=C(Cl)c1ccccc1[Se][Se]c1ccccc1C(=O)Cl. The Bertz CT molecular complexity index is 602. The summed E-state index contributed by atoms with van der Waals surface area (Å²) in [5.74, 6) is 0. The predicted molar refractivity (Wildman–Crippen MR) is 84.0 cm³/mol. The molecule has 2 aromatic carbocycles. The Labute approximate surface area is 137 Å². The quantitative estimate of drug-likeness (QED) is 0.528. The Kier molecular flexibility index (Phi) is 5.85. The number of hydrogen-bond acceptors (Lipinski definition) is 2. The van der Waals surface area contributed by atoms with Crippen molar-refractivity contribution in [3.63, 3.8) is 0 Å². The van der Waals surface area contributed by atoms with Gasteiger partial charge in [0.2, 0.25) is 0 Å². The summed E-state index contributed by atoms with van der Waals surface area (Å²) < 4.78 is 1.91. The van der Waals surface area contributed by atoms with Crippen LogP contribution in [-0.2, 0) is 0 Å². The third kappa shape index (κ3) is 3.95. The minimum absolute atomic E-state index is 0.0661. The van der Waals surface area contributed by atoms with Crippen LogP contribution in [0.5, 0.6) is 0 Å². The first-order chi connectivity index (χ1) is 9.59. The van der Waals surface area contributed by atoms with E-state index < -0.39 is 10.5 Å². The molecule has 0 saturated carbocycles. The van der Waals surface area contributed by atoms with Crippen LogP contribution in [-0.4, -0.2) is 36.7 Å². The van der Waals surface area contributed by atoms with Gasteiger partial charge in [0, 0.05) is 0 Å². The molecule has 102 valence electrons. The van der Waals surface area contributed by atoms with E-state index in [0.29, 0.717) is 11.1 Å². The standard InChI is InChI=1S/C14H8Cl2O2Se2/c15-13(17)9-5-1-3-7-11(9)19-20-12-8-4-2-6-10(12)14(16)18/h1-8H. The molecule has 0 aliphatic heterocycles. The second kappa shape index (κ2) is 7.42. The van der Waals surface area contributed by atoms with Crippen molar-refractivity contribution in [3.05, 3.63) is 59.7 Å². The summed E-state index contributed by atoms with van der Waals surface area (Å²) in [7, 11) is 0. The van der Waals surface area contributed by atoms with E-state index in [4.69, 9.17) is 23.2 Å². The predicted octanol–water partition coefficient (Wildman–Crippen LogP) is 1.72. The zero-order valence-electron chi connectivity index (χ0n) is 10.0. The number of carbonyl (C=O) groups excluding carboxylic acids is 2. The molecule has 0 heterocycles. The van der Waals surface area contributed by atoms with Crippen molar-refractivity contribution in [1.82, 2.24) is 0 Å². The molecular formula is C14H8Cl2O2Se2. The first-order valence-corrected chi connectivity index (χ1v) is 12.3. The molecule has 0 saturated heterocycles. The van der Waals surface area contributed by atoms with Crippen LogP contribution in [0.1, 0.15) is 20.7 Å². The molecule has 20 heavy (non-hydrogen) atoms. The zero-order chi connectivity index (χ0) is 14.5. The maximum absolute atomic E-state index is 11.4. The zero-order valence-corrected chi connectivity index (χ0v) is 14.9. The number of benzene rings is 2. The first kappa shape index (κ1) is 15.8. The molecule has 2 nitrogen and oxygen atoms in total. The van der Waals surface area contributed by atoms with Gasteiger partial charge in [0.05, 0.1) is 0 Å². The van der Waals surface area contributed by atoms with Crippen LogP contribution in [0.3, 0.4) is 0 Å². The Morgan fingerprint density at radius 3 is 1.40 bits per heavy atom. The fourth-order valence-electron chi connectivity index (χ4n) is 1.49. The van der Waals surface area contributed by atoms with Gasteiger partial charge in [-0.15, -0.1) is 0 Å². The summed E-state index contributed by atoms with van der Waals surface area (Å²) in [6.45, 7) is 0. The van der Waals surface area contributed by atoms with Crippen molar-refractivity contribution in [2.45, 2.75) is 0 Å². The number of carbonyl (C=O) groups is 2. The van der Waals surface area contributed by atoms with Crippen LogP contribution >= 0.6 is 23.2 Å². The normalized spacial score (nSPS) is 10.3. The molecule has 0 N–H and O–H groups in total. The third-order valence-corrected chi connectivity index (χ3v) is 10.1. The van der Waals surface area contributed by atoms with Gasteiger partial charge >= 0.3 is 138 Å². The van der Waals surface area contributed by atoms with E-state index in [2.05, 4.69) is 0 Å². The molecule has 0 unspecified atom stereocenters. The van der Waals surface area contributed by atoms with Gasteiger partial charge in [-0.25, -0.2) is 0 Å². The van der Waals surface area contributed by atoms with Crippen LogP contribution in [0.15, 0.2) is 48.5 Å². The molecule has 6 heteroatoms. The van der Waals surface area contributed by atoms with Gasteiger partial charge in [-0.2, -0.15) is 0 Å². The Hall–Kier alpha value is -0.601. The van der Waals surface area contributed by atoms with Crippen molar-refractivity contribution in [2.75, 3.05) is 0 Å². The fraction of sp³-hybridized carbons (Fsp3) is 0. The van der Waals surface area contributed by atoms with E-state index in [0.717, 1.165) is 8.92 Å². The van der Waals surface area contributed by atoms with E-state index in [1.54, 1.807) is 24.3 Å². The summed E-state index contributed by atoms with van der Waals surface area (Å²) in [5.41, 5.74) is 1.09. The van der Waals surface area contributed by atoms with E-state index >= 15 is 0 Å². The molecule has 0 aromatic heterocycles. The van der Waals surface area contributed by atoms with Crippen molar-refractivity contribution >= 4 is 68.9 Å². The van der Waals surface area contributed by atoms with Crippen molar-refractivity contribution in [2.24, 2.45) is 0 Å². The topological polar surface area (TPSA) is 34.1 Å². The van der Waals surface area contributed by atoms with E-state index in [-0.39, 0.29) is 26.3 Å². The first-order valence-electron chi connectivity index (χ1n) is 5.52. The minimum atomic E-state index is -0.444. The van der Waals surface area contributed by atoms with Crippen molar-refractivity contribution in [1.29, 1.82) is 0 Å². The molecule has 0 spiro atoms. The van der Waals surface area contributed by atoms with Crippen molar-refractivity contribution < 1.29 is 9.59 Å². The van der Waals surface area contributed by atoms with Gasteiger partial charge < -0.3 is 0 Å². The summed E-state index contributed by atoms with van der Waals surface area (Å²) in [6, 6.07) is 14.6. The van der Waals surface area contributed by atoms with Gasteiger partial charge in [-0.1, -0.05) is 0 Å². The monoisotopic (exact) mass is 438 g/mol. The Morgan fingerprint density at radius 1 is 0.700 bits per heavy atom. The summed E-state index contributed by atoms with van der Waals surface area (Å²) in [4.78, 5) is 22.7. The third-order valence-electron chi connectivity index (χ3n) is 2.42. The molecule has 2 rings (SSSR count). The molecule has 0 amide bonds. The average molecular weight is 437 g/mol. The van der Waals surface area contributed by atoms with Crippen molar-refractivity contribution in [3.8, 4) is 0 Å². The average Bonchev–Trinajstić information content (AvgIpc) is 2.45. The number of halogens is 2. The molecule has 0 bridgehead atoms. The van der Waals surface area contributed by atoms with Gasteiger partial charge in [0.1, 0.15) is 0 Å². The van der Waals surface area contributed by atoms with Crippen LogP contribution in [0.4, 0.5) is 0 Å². The second-order valence-electron chi connectivity index (χ2n) is 3.71. The summed E-state index contributed by atoms with van der Waals surface area (Å²) >= 11 is 11.3. The summed E-state index contributed by atoms with van der Waals surface area (Å²) in [6.07, 6.45) is 0. The second-order valence-corrected chi connectivity index (χ2v) is 10.6. The van der Waals surface area contributed by atoms with Gasteiger partial charge in [-0.05, 0) is 0 Å². The Balaban J connectivity index is 2.22. The van der Waals surface area contributed by atoms with E-state index in [9.17, 15) is 9.59 Å². The molecule has 0 aliphatic carbocycles. The molecule has 2 aromatic rings. The Morgan fingerprint density at radius 2 is 1.05 bits per heavy atom. The summed E-state index contributed by atoms with van der Waals surface area (Å²) in [5, 5.41) is -0.889. The molecule has 0 atom stereocenters.